The molecule has 1 aliphatic carbocycles. The topological polar surface area (TPSA) is 46.2 Å². The van der Waals surface area contributed by atoms with Crippen LogP contribution in [0.3, 0.4) is 0 Å². The van der Waals surface area contributed by atoms with Gasteiger partial charge in [-0.25, -0.2) is 0 Å². The van der Waals surface area contributed by atoms with Gasteiger partial charge in [0, 0.05) is 12.0 Å². The zero-order valence-corrected chi connectivity index (χ0v) is 7.34. The molecule has 11 heavy (non-hydrogen) atoms. The van der Waals surface area contributed by atoms with Crippen LogP contribution in [0.4, 0.5) is 0 Å². The molecule has 3 N–H and O–H groups in total. The first-order valence-corrected chi connectivity index (χ1v) is 4.60. The zero-order valence-electron chi connectivity index (χ0n) is 7.34. The fourth-order valence-electron chi connectivity index (χ4n) is 1.94. The van der Waals surface area contributed by atoms with Crippen LogP contribution in [0.1, 0.15) is 32.6 Å². The Kier molecular flexibility index (Phi) is 2.90. The van der Waals surface area contributed by atoms with Crippen molar-refractivity contribution in [2.75, 3.05) is 13.2 Å². The number of aliphatic hydroxyl groups is 1. The molecule has 1 saturated carbocycles. The van der Waals surface area contributed by atoms with E-state index in [4.69, 9.17) is 5.73 Å². The Balaban J connectivity index is 2.50. The summed E-state index contributed by atoms with van der Waals surface area (Å²) in [6.45, 7) is 3.09. The van der Waals surface area contributed by atoms with Crippen LogP contribution in [0.5, 0.6) is 0 Å². The fraction of sp³-hybridized carbons (Fsp3) is 1.00. The van der Waals surface area contributed by atoms with Gasteiger partial charge in [-0.15, -0.1) is 0 Å². The van der Waals surface area contributed by atoms with Crippen molar-refractivity contribution in [1.29, 1.82) is 0 Å². The number of aliphatic hydroxyl groups excluding tert-OH is 1. The highest BCUT2D eigenvalue weighted by Gasteiger charge is 2.42. The third-order valence-electron chi connectivity index (χ3n) is 2.91. The number of hydrogen-bond acceptors (Lipinski definition) is 2. The predicted octanol–water partition coefficient (Wildman–Crippen LogP) is 1.13. The molecule has 2 heteroatoms. The predicted molar refractivity (Wildman–Crippen MR) is 46.2 cm³/mol. The summed E-state index contributed by atoms with van der Waals surface area (Å²) in [6, 6.07) is 0. The average molecular weight is 157 g/mol. The minimum absolute atomic E-state index is 0.0781. The summed E-state index contributed by atoms with van der Waals surface area (Å²) in [6.07, 6.45) is 4.77. The molecular weight excluding hydrogens is 138 g/mol. The van der Waals surface area contributed by atoms with Crippen molar-refractivity contribution < 1.29 is 5.11 Å². The molecule has 1 rings (SSSR count). The summed E-state index contributed by atoms with van der Waals surface area (Å²) in [5, 5.41) is 9.24. The van der Waals surface area contributed by atoms with E-state index in [1.807, 2.05) is 0 Å². The number of rotatable bonds is 5. The van der Waals surface area contributed by atoms with Crippen LogP contribution in [0, 0.1) is 11.3 Å². The Morgan fingerprint density at radius 1 is 1.55 bits per heavy atom. The minimum Gasteiger partial charge on any atom is -0.396 e. The van der Waals surface area contributed by atoms with Gasteiger partial charge in [-0.2, -0.15) is 0 Å². The molecule has 1 unspecified atom stereocenters. The highest BCUT2D eigenvalue weighted by Crippen LogP contribution is 2.47. The smallest absolute Gasteiger partial charge is 0.0502 e. The minimum atomic E-state index is 0.0781. The Labute approximate surface area is 68.8 Å². The van der Waals surface area contributed by atoms with Gasteiger partial charge in [-0.3, -0.25) is 0 Å². The number of nitrogens with two attached hydrogens (primary N) is 1. The van der Waals surface area contributed by atoms with Gasteiger partial charge in [0.05, 0.1) is 6.61 Å². The monoisotopic (exact) mass is 157 g/mol. The van der Waals surface area contributed by atoms with E-state index in [1.165, 1.54) is 12.8 Å². The second kappa shape index (κ2) is 3.55. The van der Waals surface area contributed by atoms with Crippen LogP contribution in [0.25, 0.3) is 0 Å². The lowest BCUT2D eigenvalue weighted by molar-refractivity contribution is 0.0985. The van der Waals surface area contributed by atoms with Crippen molar-refractivity contribution in [3.8, 4) is 0 Å². The van der Waals surface area contributed by atoms with E-state index in [1.54, 1.807) is 0 Å². The largest absolute Gasteiger partial charge is 0.396 e. The third kappa shape index (κ3) is 1.74. The van der Waals surface area contributed by atoms with E-state index in [0.29, 0.717) is 6.54 Å². The summed E-state index contributed by atoms with van der Waals surface area (Å²) in [7, 11) is 0. The molecule has 1 atom stereocenters. The summed E-state index contributed by atoms with van der Waals surface area (Å²) in [4.78, 5) is 0. The van der Waals surface area contributed by atoms with E-state index in [0.717, 1.165) is 18.8 Å². The third-order valence-corrected chi connectivity index (χ3v) is 2.91. The first kappa shape index (κ1) is 9.01. The van der Waals surface area contributed by atoms with Crippen LogP contribution in [0.15, 0.2) is 0 Å². The molecule has 1 fully saturated rings. The molecule has 0 aromatic rings. The molecule has 0 bridgehead atoms. The maximum absolute atomic E-state index is 9.24. The molecule has 2 nitrogen and oxygen atoms in total. The zero-order chi connectivity index (χ0) is 8.32. The average Bonchev–Trinajstić information content (AvgIpc) is 2.83. The van der Waals surface area contributed by atoms with Crippen molar-refractivity contribution in [2.24, 2.45) is 17.1 Å². The molecule has 66 valence electrons. The Bertz CT molecular complexity index is 117. The van der Waals surface area contributed by atoms with Gasteiger partial charge in [0.15, 0.2) is 0 Å². The van der Waals surface area contributed by atoms with Crippen molar-refractivity contribution in [3.63, 3.8) is 0 Å². The van der Waals surface area contributed by atoms with E-state index in [2.05, 4.69) is 6.92 Å². The van der Waals surface area contributed by atoms with Crippen LogP contribution in [0.2, 0.25) is 0 Å². The summed E-state index contributed by atoms with van der Waals surface area (Å²) >= 11 is 0. The maximum atomic E-state index is 9.24. The molecule has 0 aromatic heterocycles. The van der Waals surface area contributed by atoms with Crippen molar-refractivity contribution in [1.82, 2.24) is 0 Å². The Morgan fingerprint density at radius 3 is 2.45 bits per heavy atom. The molecular formula is C9H19NO. The first-order chi connectivity index (χ1) is 5.29. The Hall–Kier alpha value is -0.0800. The van der Waals surface area contributed by atoms with Gasteiger partial charge >= 0.3 is 0 Å². The molecule has 1 aliphatic rings. The van der Waals surface area contributed by atoms with Crippen molar-refractivity contribution >= 4 is 0 Å². The maximum Gasteiger partial charge on any atom is 0.0502 e. The van der Waals surface area contributed by atoms with Crippen molar-refractivity contribution in [2.45, 2.75) is 32.6 Å². The van der Waals surface area contributed by atoms with Gasteiger partial charge in [0.1, 0.15) is 0 Å². The van der Waals surface area contributed by atoms with Gasteiger partial charge in [0.2, 0.25) is 0 Å². The van der Waals surface area contributed by atoms with Crippen LogP contribution in [-0.4, -0.2) is 18.3 Å². The number of hydrogen-bond donors (Lipinski definition) is 2. The van der Waals surface area contributed by atoms with E-state index in [9.17, 15) is 5.11 Å². The SMILES string of the molecule is CCCC(CN)(CO)C1CC1. The summed E-state index contributed by atoms with van der Waals surface area (Å²) in [5.74, 6) is 0.720. The molecule has 0 radical (unpaired) electrons. The molecule has 0 aliphatic heterocycles. The molecule has 0 saturated heterocycles. The van der Waals surface area contributed by atoms with E-state index in [-0.39, 0.29) is 12.0 Å². The first-order valence-electron chi connectivity index (χ1n) is 4.60. The van der Waals surface area contributed by atoms with Gasteiger partial charge in [-0.05, 0) is 25.2 Å². The highest BCUT2D eigenvalue weighted by molar-refractivity contribution is 4.94. The van der Waals surface area contributed by atoms with Gasteiger partial charge in [0.25, 0.3) is 0 Å². The Morgan fingerprint density at radius 2 is 2.18 bits per heavy atom. The van der Waals surface area contributed by atoms with Crippen molar-refractivity contribution in [3.05, 3.63) is 0 Å². The van der Waals surface area contributed by atoms with E-state index >= 15 is 0 Å². The van der Waals surface area contributed by atoms with Crippen LogP contribution >= 0.6 is 0 Å². The van der Waals surface area contributed by atoms with Gasteiger partial charge < -0.3 is 10.8 Å². The second-order valence-electron chi connectivity index (χ2n) is 3.75. The fourth-order valence-corrected chi connectivity index (χ4v) is 1.94. The summed E-state index contributed by atoms with van der Waals surface area (Å²) in [5.41, 5.74) is 5.76. The molecule has 0 heterocycles. The molecule has 0 amide bonds. The molecule has 0 aromatic carbocycles. The lowest BCUT2D eigenvalue weighted by Crippen LogP contribution is -2.36. The summed E-state index contributed by atoms with van der Waals surface area (Å²) < 4.78 is 0. The second-order valence-corrected chi connectivity index (χ2v) is 3.75. The molecule has 0 spiro atoms. The van der Waals surface area contributed by atoms with E-state index < -0.39 is 0 Å². The highest BCUT2D eigenvalue weighted by atomic mass is 16.3. The quantitative estimate of drug-likeness (QED) is 0.628. The lowest BCUT2D eigenvalue weighted by Gasteiger charge is -2.30. The van der Waals surface area contributed by atoms with Crippen LogP contribution in [-0.2, 0) is 0 Å². The normalized spacial score (nSPS) is 23.2. The van der Waals surface area contributed by atoms with Gasteiger partial charge in [-0.1, -0.05) is 13.3 Å². The standard InChI is InChI=1S/C9H19NO/c1-2-5-9(6-10,7-11)8-3-4-8/h8,11H,2-7,10H2,1H3. The van der Waals surface area contributed by atoms with Crippen LogP contribution < -0.4 is 5.73 Å². The lowest BCUT2D eigenvalue weighted by atomic mass is 9.79.